The lowest BCUT2D eigenvalue weighted by Gasteiger charge is -2.14. The van der Waals surface area contributed by atoms with Gasteiger partial charge in [-0.2, -0.15) is 0 Å². The van der Waals surface area contributed by atoms with Crippen molar-refractivity contribution in [1.29, 1.82) is 0 Å². The van der Waals surface area contributed by atoms with Crippen LogP contribution in [-0.4, -0.2) is 26.7 Å². The molecule has 0 amide bonds. The van der Waals surface area contributed by atoms with Crippen LogP contribution < -0.4 is 4.31 Å². The summed E-state index contributed by atoms with van der Waals surface area (Å²) in [7, 11) is -1.72. The Morgan fingerprint density at radius 3 is 2.38 bits per heavy atom. The molecule has 0 N–H and O–H groups in total. The van der Waals surface area contributed by atoms with Crippen LogP contribution in [-0.2, 0) is 10.0 Å². The quantitative estimate of drug-likeness (QED) is 0.709. The molecule has 0 aliphatic carbocycles. The van der Waals surface area contributed by atoms with Crippen LogP contribution in [0.3, 0.4) is 0 Å². The largest absolute Gasteiger partial charge is 0.257 e. The molecular weight excluding hydrogens is 188 g/mol. The lowest BCUT2D eigenvalue weighted by Crippen LogP contribution is -2.25. The van der Waals surface area contributed by atoms with Crippen molar-refractivity contribution in [1.82, 2.24) is 4.98 Å². The average Bonchev–Trinajstić information content (AvgIpc) is 2.03. The maximum Gasteiger partial charge on any atom is 0.233 e. The molecule has 72 valence electrons. The molecule has 4 nitrogen and oxygen atoms in total. The second kappa shape index (κ2) is 3.33. The first-order chi connectivity index (χ1) is 5.91. The predicted molar refractivity (Wildman–Crippen MR) is 52.2 cm³/mol. The summed E-state index contributed by atoms with van der Waals surface area (Å²) in [4.78, 5) is 3.99. The third-order valence-corrected chi connectivity index (χ3v) is 2.90. The van der Waals surface area contributed by atoms with Crippen molar-refractivity contribution in [3.05, 3.63) is 23.9 Å². The zero-order valence-corrected chi connectivity index (χ0v) is 8.67. The van der Waals surface area contributed by atoms with E-state index >= 15 is 0 Å². The van der Waals surface area contributed by atoms with Gasteiger partial charge in [-0.15, -0.1) is 0 Å². The first kappa shape index (κ1) is 9.98. The van der Waals surface area contributed by atoms with Gasteiger partial charge in [-0.3, -0.25) is 4.31 Å². The third kappa shape index (κ3) is 2.42. The Labute approximate surface area is 78.3 Å². The number of aryl methyl sites for hydroxylation is 1. The van der Waals surface area contributed by atoms with Crippen LogP contribution in [0.5, 0.6) is 0 Å². The number of nitrogens with zero attached hydrogens (tertiary/aromatic N) is 2. The second-order valence-corrected chi connectivity index (χ2v) is 4.94. The lowest BCUT2D eigenvalue weighted by atomic mass is 10.3. The van der Waals surface area contributed by atoms with Crippen LogP contribution in [0.25, 0.3) is 0 Å². The lowest BCUT2D eigenvalue weighted by molar-refractivity contribution is 0.600. The highest BCUT2D eigenvalue weighted by atomic mass is 32.2. The normalized spacial score (nSPS) is 11.3. The van der Waals surface area contributed by atoms with E-state index in [9.17, 15) is 8.42 Å². The van der Waals surface area contributed by atoms with Crippen molar-refractivity contribution in [3.63, 3.8) is 0 Å². The summed E-state index contributed by atoms with van der Waals surface area (Å²) in [6, 6.07) is 3.50. The number of sulfonamides is 1. The van der Waals surface area contributed by atoms with E-state index in [1.165, 1.54) is 7.05 Å². The first-order valence-corrected chi connectivity index (χ1v) is 5.62. The molecule has 1 aromatic heterocycles. The molecule has 0 aliphatic heterocycles. The molecule has 0 radical (unpaired) electrons. The number of rotatable bonds is 2. The van der Waals surface area contributed by atoms with Crippen molar-refractivity contribution >= 4 is 15.8 Å². The molecule has 0 unspecified atom stereocenters. The first-order valence-electron chi connectivity index (χ1n) is 3.78. The maximum absolute atomic E-state index is 11.1. The molecule has 13 heavy (non-hydrogen) atoms. The molecule has 0 aliphatic rings. The van der Waals surface area contributed by atoms with Gasteiger partial charge < -0.3 is 0 Å². The highest BCUT2D eigenvalue weighted by Crippen LogP contribution is 2.11. The van der Waals surface area contributed by atoms with Crippen LogP contribution in [0.4, 0.5) is 5.82 Å². The van der Waals surface area contributed by atoms with Crippen LogP contribution in [0, 0.1) is 6.92 Å². The Balaban J connectivity index is 3.04. The van der Waals surface area contributed by atoms with E-state index in [0.717, 1.165) is 16.1 Å². The van der Waals surface area contributed by atoms with Crippen LogP contribution in [0.1, 0.15) is 5.56 Å². The summed E-state index contributed by atoms with van der Waals surface area (Å²) in [5.74, 6) is 0.438. The zero-order chi connectivity index (χ0) is 10.1. The fourth-order valence-electron chi connectivity index (χ4n) is 0.816. The zero-order valence-electron chi connectivity index (χ0n) is 7.85. The fourth-order valence-corrected chi connectivity index (χ4v) is 1.26. The van der Waals surface area contributed by atoms with Gasteiger partial charge in [0.2, 0.25) is 10.0 Å². The number of hydrogen-bond acceptors (Lipinski definition) is 3. The fraction of sp³-hybridized carbons (Fsp3) is 0.375. The van der Waals surface area contributed by atoms with E-state index in [1.54, 1.807) is 12.3 Å². The molecule has 0 bridgehead atoms. The molecule has 0 saturated heterocycles. The van der Waals surface area contributed by atoms with Crippen molar-refractivity contribution in [2.45, 2.75) is 6.92 Å². The molecule has 1 rings (SSSR count). The van der Waals surface area contributed by atoms with E-state index < -0.39 is 10.0 Å². The minimum atomic E-state index is -3.20. The smallest absolute Gasteiger partial charge is 0.233 e. The molecule has 0 atom stereocenters. The number of aromatic nitrogens is 1. The van der Waals surface area contributed by atoms with E-state index in [-0.39, 0.29) is 0 Å². The Morgan fingerprint density at radius 2 is 2.00 bits per heavy atom. The molecule has 0 saturated carbocycles. The third-order valence-electron chi connectivity index (χ3n) is 1.72. The monoisotopic (exact) mass is 200 g/mol. The molecule has 5 heteroatoms. The molecule has 1 aromatic rings. The Morgan fingerprint density at radius 1 is 1.38 bits per heavy atom. The highest BCUT2D eigenvalue weighted by Gasteiger charge is 2.11. The SMILES string of the molecule is Cc1ccc(N(C)S(C)(=O)=O)nc1. The Bertz CT molecular complexity index is 383. The topological polar surface area (TPSA) is 50.3 Å². The number of hydrogen-bond donors (Lipinski definition) is 0. The molecule has 0 fully saturated rings. The van der Waals surface area contributed by atoms with Gasteiger partial charge in [0.05, 0.1) is 6.26 Å². The predicted octanol–water partition coefficient (Wildman–Crippen LogP) is 0.786. The van der Waals surface area contributed by atoms with Gasteiger partial charge in [-0.1, -0.05) is 6.07 Å². The van der Waals surface area contributed by atoms with Crippen molar-refractivity contribution < 1.29 is 8.42 Å². The van der Waals surface area contributed by atoms with Gasteiger partial charge in [0.15, 0.2) is 0 Å². The summed E-state index contributed by atoms with van der Waals surface area (Å²) < 4.78 is 23.4. The molecule has 1 heterocycles. The van der Waals surface area contributed by atoms with Gasteiger partial charge in [-0.25, -0.2) is 13.4 Å². The summed E-state index contributed by atoms with van der Waals surface area (Å²) >= 11 is 0. The van der Waals surface area contributed by atoms with Crippen molar-refractivity contribution in [2.24, 2.45) is 0 Å². The summed E-state index contributed by atoms with van der Waals surface area (Å²) in [5.41, 5.74) is 1.01. The van der Waals surface area contributed by atoms with Crippen molar-refractivity contribution in [2.75, 3.05) is 17.6 Å². The average molecular weight is 200 g/mol. The summed E-state index contributed by atoms with van der Waals surface area (Å²) in [6.45, 7) is 1.90. The number of pyridine rings is 1. The van der Waals surface area contributed by atoms with E-state index in [4.69, 9.17) is 0 Å². The number of anilines is 1. The van der Waals surface area contributed by atoms with Crippen LogP contribution >= 0.6 is 0 Å². The van der Waals surface area contributed by atoms with E-state index in [1.807, 2.05) is 13.0 Å². The summed E-state index contributed by atoms with van der Waals surface area (Å²) in [5, 5.41) is 0. The van der Waals surface area contributed by atoms with Gasteiger partial charge >= 0.3 is 0 Å². The van der Waals surface area contributed by atoms with Crippen LogP contribution in [0.15, 0.2) is 18.3 Å². The minimum absolute atomic E-state index is 0.438. The van der Waals surface area contributed by atoms with E-state index in [2.05, 4.69) is 4.98 Å². The second-order valence-electron chi connectivity index (χ2n) is 2.92. The standard InChI is InChI=1S/C8H12N2O2S/c1-7-4-5-8(9-6-7)10(2)13(3,11)12/h4-6H,1-3H3. The van der Waals surface area contributed by atoms with Crippen molar-refractivity contribution in [3.8, 4) is 0 Å². The molecule has 0 aromatic carbocycles. The molecule has 0 spiro atoms. The Kier molecular flexibility index (Phi) is 2.56. The van der Waals surface area contributed by atoms with Gasteiger partial charge in [0.25, 0.3) is 0 Å². The minimum Gasteiger partial charge on any atom is -0.257 e. The summed E-state index contributed by atoms with van der Waals surface area (Å²) in [6.07, 6.45) is 2.78. The highest BCUT2D eigenvalue weighted by molar-refractivity contribution is 7.92. The van der Waals surface area contributed by atoms with Gasteiger partial charge in [-0.05, 0) is 18.6 Å². The van der Waals surface area contributed by atoms with Gasteiger partial charge in [0.1, 0.15) is 5.82 Å². The Hall–Kier alpha value is -1.10. The van der Waals surface area contributed by atoms with Crippen LogP contribution in [0.2, 0.25) is 0 Å². The maximum atomic E-state index is 11.1. The van der Waals surface area contributed by atoms with E-state index in [0.29, 0.717) is 5.82 Å². The molecular formula is C8H12N2O2S. The van der Waals surface area contributed by atoms with Gasteiger partial charge in [0, 0.05) is 13.2 Å².